The van der Waals surface area contributed by atoms with E-state index in [4.69, 9.17) is 0 Å². The summed E-state index contributed by atoms with van der Waals surface area (Å²) in [5.41, 5.74) is 2.78. The maximum atomic E-state index is 12.5. The standard InChI is InChI=1S/C17H21NO3/c1-10-6-11(2)15(12(3)7-10)13(19)9-18-14(20)8-17(4,5)16(18)21/h6-7H,8-9H2,1-5H3. The lowest BCUT2D eigenvalue weighted by Crippen LogP contribution is -2.37. The van der Waals surface area contributed by atoms with Crippen LogP contribution < -0.4 is 0 Å². The van der Waals surface area contributed by atoms with Gasteiger partial charge in [-0.1, -0.05) is 31.5 Å². The number of hydrogen-bond donors (Lipinski definition) is 0. The third-order valence-electron chi connectivity index (χ3n) is 3.98. The molecule has 21 heavy (non-hydrogen) atoms. The van der Waals surface area contributed by atoms with Gasteiger partial charge in [-0.2, -0.15) is 0 Å². The van der Waals surface area contributed by atoms with E-state index in [0.29, 0.717) is 5.56 Å². The van der Waals surface area contributed by atoms with E-state index in [1.165, 1.54) is 0 Å². The van der Waals surface area contributed by atoms with Gasteiger partial charge in [0.1, 0.15) is 0 Å². The van der Waals surface area contributed by atoms with Crippen molar-refractivity contribution >= 4 is 17.6 Å². The summed E-state index contributed by atoms with van der Waals surface area (Å²) in [5, 5.41) is 0. The molecule has 1 saturated heterocycles. The van der Waals surface area contributed by atoms with Crippen LogP contribution in [0, 0.1) is 26.2 Å². The largest absolute Gasteiger partial charge is 0.292 e. The number of aryl methyl sites for hydroxylation is 3. The van der Waals surface area contributed by atoms with Crippen LogP contribution in [0.2, 0.25) is 0 Å². The lowest BCUT2D eigenvalue weighted by molar-refractivity contribution is -0.140. The van der Waals surface area contributed by atoms with Gasteiger partial charge >= 0.3 is 0 Å². The highest BCUT2D eigenvalue weighted by molar-refractivity contribution is 6.10. The number of ketones is 1. The lowest BCUT2D eigenvalue weighted by Gasteiger charge is -2.18. The normalized spacial score (nSPS) is 17.5. The van der Waals surface area contributed by atoms with Crippen molar-refractivity contribution in [3.8, 4) is 0 Å². The Morgan fingerprint density at radius 2 is 1.67 bits per heavy atom. The zero-order valence-corrected chi connectivity index (χ0v) is 13.2. The first-order valence-corrected chi connectivity index (χ1v) is 7.09. The summed E-state index contributed by atoms with van der Waals surface area (Å²) in [4.78, 5) is 37.7. The van der Waals surface area contributed by atoms with Crippen LogP contribution in [0.5, 0.6) is 0 Å². The SMILES string of the molecule is Cc1cc(C)c(C(=O)CN2C(=O)CC(C)(C)C2=O)c(C)c1. The molecular formula is C17H21NO3. The van der Waals surface area contributed by atoms with Gasteiger partial charge in [-0.05, 0) is 31.9 Å². The number of carbonyl (C=O) groups excluding carboxylic acids is 3. The minimum absolute atomic E-state index is 0.161. The summed E-state index contributed by atoms with van der Waals surface area (Å²) >= 11 is 0. The maximum Gasteiger partial charge on any atom is 0.235 e. The second kappa shape index (κ2) is 5.10. The van der Waals surface area contributed by atoms with Gasteiger partial charge in [0.25, 0.3) is 0 Å². The fourth-order valence-electron chi connectivity index (χ4n) is 3.03. The number of nitrogens with zero attached hydrogens (tertiary/aromatic N) is 1. The Balaban J connectivity index is 2.28. The molecular weight excluding hydrogens is 266 g/mol. The average Bonchev–Trinajstić information content (AvgIpc) is 2.50. The van der Waals surface area contributed by atoms with E-state index < -0.39 is 5.41 Å². The van der Waals surface area contributed by atoms with Gasteiger partial charge in [-0.25, -0.2) is 0 Å². The van der Waals surface area contributed by atoms with Crippen molar-refractivity contribution in [1.82, 2.24) is 4.90 Å². The number of amides is 2. The molecule has 0 atom stereocenters. The zero-order valence-electron chi connectivity index (χ0n) is 13.2. The quantitative estimate of drug-likeness (QED) is 0.634. The third-order valence-corrected chi connectivity index (χ3v) is 3.98. The average molecular weight is 287 g/mol. The Morgan fingerprint density at radius 3 is 2.10 bits per heavy atom. The van der Waals surface area contributed by atoms with Crippen LogP contribution in [0.15, 0.2) is 12.1 Å². The van der Waals surface area contributed by atoms with Crippen molar-refractivity contribution in [3.63, 3.8) is 0 Å². The highest BCUT2D eigenvalue weighted by Gasteiger charge is 2.45. The van der Waals surface area contributed by atoms with E-state index in [0.717, 1.165) is 21.6 Å². The molecule has 4 heteroatoms. The van der Waals surface area contributed by atoms with Crippen LogP contribution in [0.25, 0.3) is 0 Å². The Labute approximate surface area is 125 Å². The second-order valence-corrected chi connectivity index (χ2v) is 6.54. The van der Waals surface area contributed by atoms with Crippen LogP contribution in [0.1, 0.15) is 47.3 Å². The molecule has 0 N–H and O–H groups in total. The Bertz CT molecular complexity index is 620. The fourth-order valence-corrected chi connectivity index (χ4v) is 3.03. The predicted octanol–water partition coefficient (Wildman–Crippen LogP) is 2.58. The second-order valence-electron chi connectivity index (χ2n) is 6.54. The van der Waals surface area contributed by atoms with Gasteiger partial charge in [0.2, 0.25) is 11.8 Å². The van der Waals surface area contributed by atoms with Crippen LogP contribution in [-0.2, 0) is 9.59 Å². The maximum absolute atomic E-state index is 12.5. The number of imide groups is 1. The fraction of sp³-hybridized carbons (Fsp3) is 0.471. The van der Waals surface area contributed by atoms with Crippen molar-refractivity contribution in [3.05, 3.63) is 34.4 Å². The van der Waals surface area contributed by atoms with Crippen molar-refractivity contribution < 1.29 is 14.4 Å². The zero-order chi connectivity index (χ0) is 15.9. The molecule has 112 valence electrons. The van der Waals surface area contributed by atoms with Gasteiger partial charge in [0, 0.05) is 12.0 Å². The number of Topliss-reactive ketones (excluding diaryl/α,β-unsaturated/α-hetero) is 1. The van der Waals surface area contributed by atoms with E-state index in [1.807, 2.05) is 32.9 Å². The predicted molar refractivity (Wildman–Crippen MR) is 80.1 cm³/mol. The van der Waals surface area contributed by atoms with Crippen molar-refractivity contribution in [2.24, 2.45) is 5.41 Å². The lowest BCUT2D eigenvalue weighted by atomic mass is 9.92. The van der Waals surface area contributed by atoms with Gasteiger partial charge < -0.3 is 0 Å². The van der Waals surface area contributed by atoms with E-state index in [-0.39, 0.29) is 30.6 Å². The van der Waals surface area contributed by atoms with Crippen LogP contribution >= 0.6 is 0 Å². The van der Waals surface area contributed by atoms with Crippen molar-refractivity contribution in [2.45, 2.75) is 41.0 Å². The van der Waals surface area contributed by atoms with Gasteiger partial charge in [-0.3, -0.25) is 19.3 Å². The summed E-state index contributed by atoms with van der Waals surface area (Å²) in [6.07, 6.45) is 0.172. The molecule has 4 nitrogen and oxygen atoms in total. The number of carbonyl (C=O) groups is 3. The first-order chi connectivity index (χ1) is 9.63. The van der Waals surface area contributed by atoms with Gasteiger partial charge in [0.15, 0.2) is 5.78 Å². The number of likely N-dealkylation sites (tertiary alicyclic amines) is 1. The first kappa shape index (κ1) is 15.4. The minimum atomic E-state index is -0.700. The number of hydrogen-bond acceptors (Lipinski definition) is 3. The Morgan fingerprint density at radius 1 is 1.14 bits per heavy atom. The van der Waals surface area contributed by atoms with Gasteiger partial charge in [-0.15, -0.1) is 0 Å². The smallest absolute Gasteiger partial charge is 0.235 e. The summed E-state index contributed by atoms with van der Waals surface area (Å²) in [7, 11) is 0. The van der Waals surface area contributed by atoms with Crippen LogP contribution in [0.4, 0.5) is 0 Å². The molecule has 1 aliphatic rings. The molecule has 0 radical (unpaired) electrons. The molecule has 2 amide bonds. The minimum Gasteiger partial charge on any atom is -0.292 e. The van der Waals surface area contributed by atoms with E-state index in [9.17, 15) is 14.4 Å². The molecule has 1 aromatic carbocycles. The molecule has 0 bridgehead atoms. The van der Waals surface area contributed by atoms with Crippen molar-refractivity contribution in [1.29, 1.82) is 0 Å². The van der Waals surface area contributed by atoms with E-state index in [2.05, 4.69) is 0 Å². The summed E-state index contributed by atoms with van der Waals surface area (Å²) in [6, 6.07) is 3.88. The number of rotatable bonds is 3. The summed E-state index contributed by atoms with van der Waals surface area (Å²) in [6.45, 7) is 9.05. The molecule has 1 aromatic rings. The molecule has 1 aliphatic heterocycles. The molecule has 1 fully saturated rings. The van der Waals surface area contributed by atoms with E-state index >= 15 is 0 Å². The third kappa shape index (κ3) is 2.75. The molecule has 0 aromatic heterocycles. The highest BCUT2D eigenvalue weighted by Crippen LogP contribution is 2.31. The topological polar surface area (TPSA) is 54.5 Å². The first-order valence-electron chi connectivity index (χ1n) is 7.09. The monoisotopic (exact) mass is 287 g/mol. The van der Waals surface area contributed by atoms with Crippen molar-refractivity contribution in [2.75, 3.05) is 6.54 Å². The Hall–Kier alpha value is -1.97. The summed E-state index contributed by atoms with van der Waals surface area (Å²) in [5.74, 6) is -0.701. The number of benzene rings is 1. The molecule has 1 heterocycles. The molecule has 0 saturated carbocycles. The molecule has 2 rings (SSSR count). The Kier molecular flexibility index (Phi) is 3.74. The van der Waals surface area contributed by atoms with E-state index in [1.54, 1.807) is 13.8 Å². The summed E-state index contributed by atoms with van der Waals surface area (Å²) < 4.78 is 0. The molecule has 0 spiro atoms. The highest BCUT2D eigenvalue weighted by atomic mass is 16.2. The molecule has 0 aliphatic carbocycles. The van der Waals surface area contributed by atoms with Crippen LogP contribution in [0.3, 0.4) is 0 Å². The molecule has 0 unspecified atom stereocenters. The van der Waals surface area contributed by atoms with Crippen LogP contribution in [-0.4, -0.2) is 29.0 Å². The van der Waals surface area contributed by atoms with Gasteiger partial charge in [0.05, 0.1) is 12.0 Å².